The minimum Gasteiger partial charge on any atom is -0.488 e. The van der Waals surface area contributed by atoms with Crippen molar-refractivity contribution in [3.8, 4) is 5.75 Å². The number of hydrogen-bond donors (Lipinski definition) is 1. The number of hydrogen-bond acceptors (Lipinski definition) is 2. The van der Waals surface area contributed by atoms with Crippen LogP contribution in [-0.2, 0) is 13.2 Å². The Kier molecular flexibility index (Phi) is 6.09. The summed E-state index contributed by atoms with van der Waals surface area (Å²) in [7, 11) is 0. The Morgan fingerprint density at radius 1 is 1.05 bits per heavy atom. The topological polar surface area (TPSA) is 21.3 Å². The lowest BCUT2D eigenvalue weighted by atomic mass is 10.1. The van der Waals surface area contributed by atoms with Crippen molar-refractivity contribution in [2.24, 2.45) is 0 Å². The smallest absolute Gasteiger partial charge is 0.127 e. The highest BCUT2D eigenvalue weighted by atomic mass is 35.5. The molecular weight excluding hydrogens is 282 g/mol. The van der Waals surface area contributed by atoms with Crippen molar-refractivity contribution in [2.45, 2.75) is 33.4 Å². The van der Waals surface area contributed by atoms with E-state index in [1.54, 1.807) is 0 Å². The minimum absolute atomic E-state index is 0.491. The van der Waals surface area contributed by atoms with Crippen molar-refractivity contribution in [1.82, 2.24) is 5.32 Å². The summed E-state index contributed by atoms with van der Waals surface area (Å²) in [5.41, 5.74) is 3.35. The minimum atomic E-state index is 0.491. The number of para-hydroxylation sites is 1. The maximum atomic E-state index is 6.18. The molecule has 0 heterocycles. The first-order valence-corrected chi connectivity index (χ1v) is 7.75. The van der Waals surface area contributed by atoms with Gasteiger partial charge in [-0.05, 0) is 31.5 Å². The summed E-state index contributed by atoms with van der Waals surface area (Å²) in [5, 5.41) is 4.17. The van der Waals surface area contributed by atoms with Gasteiger partial charge in [0.1, 0.15) is 12.4 Å². The largest absolute Gasteiger partial charge is 0.488 e. The molecule has 0 radical (unpaired) electrons. The highest BCUT2D eigenvalue weighted by Crippen LogP contribution is 2.25. The van der Waals surface area contributed by atoms with Gasteiger partial charge in [-0.3, -0.25) is 0 Å². The molecule has 0 amide bonds. The molecule has 0 aliphatic rings. The van der Waals surface area contributed by atoms with Crippen LogP contribution in [0.2, 0.25) is 5.02 Å². The Bertz CT molecular complexity index is 583. The fraction of sp³-hybridized carbons (Fsp3) is 0.333. The van der Waals surface area contributed by atoms with Crippen LogP contribution in [0.4, 0.5) is 0 Å². The second-order valence-corrected chi connectivity index (χ2v) is 5.53. The molecule has 1 N–H and O–H groups in total. The molecule has 0 saturated heterocycles. The van der Waals surface area contributed by atoms with Gasteiger partial charge in [0.25, 0.3) is 0 Å². The zero-order valence-electron chi connectivity index (χ0n) is 12.7. The Morgan fingerprint density at radius 2 is 1.81 bits per heavy atom. The molecule has 0 aliphatic heterocycles. The molecule has 0 unspecified atom stereocenters. The molecule has 2 nitrogen and oxygen atoms in total. The normalized spacial score (nSPS) is 10.6. The molecule has 2 aromatic rings. The number of rotatable bonds is 7. The first-order chi connectivity index (χ1) is 10.2. The van der Waals surface area contributed by atoms with Gasteiger partial charge < -0.3 is 10.1 Å². The molecule has 112 valence electrons. The summed E-state index contributed by atoms with van der Waals surface area (Å²) in [6, 6.07) is 14.0. The standard InChI is InChI=1S/C18H22ClNO/c1-3-11-20-12-15-9-6-7-14(2)18(15)21-13-16-8-4-5-10-17(16)19/h4-10,20H,3,11-13H2,1-2H3. The van der Waals surface area contributed by atoms with E-state index in [9.17, 15) is 0 Å². The molecule has 0 atom stereocenters. The third-order valence-corrected chi connectivity index (χ3v) is 3.73. The van der Waals surface area contributed by atoms with Crippen LogP contribution in [0.5, 0.6) is 5.75 Å². The van der Waals surface area contributed by atoms with Gasteiger partial charge in [0, 0.05) is 22.7 Å². The number of aryl methyl sites for hydroxylation is 1. The lowest BCUT2D eigenvalue weighted by Gasteiger charge is -2.15. The van der Waals surface area contributed by atoms with E-state index in [2.05, 4.69) is 37.4 Å². The average Bonchev–Trinajstić information content (AvgIpc) is 2.48. The van der Waals surface area contributed by atoms with E-state index in [4.69, 9.17) is 16.3 Å². The van der Waals surface area contributed by atoms with Crippen LogP contribution >= 0.6 is 11.6 Å². The maximum Gasteiger partial charge on any atom is 0.127 e. The zero-order valence-corrected chi connectivity index (χ0v) is 13.4. The lowest BCUT2D eigenvalue weighted by molar-refractivity contribution is 0.300. The average molecular weight is 304 g/mol. The summed E-state index contributed by atoms with van der Waals surface area (Å²) >= 11 is 6.18. The van der Waals surface area contributed by atoms with E-state index in [-0.39, 0.29) is 0 Å². The van der Waals surface area contributed by atoms with Gasteiger partial charge in [0.15, 0.2) is 0 Å². The molecule has 0 fully saturated rings. The van der Waals surface area contributed by atoms with Crippen molar-refractivity contribution >= 4 is 11.6 Å². The number of halogens is 1. The Hall–Kier alpha value is -1.51. The zero-order chi connectivity index (χ0) is 15.1. The van der Waals surface area contributed by atoms with Gasteiger partial charge in [-0.25, -0.2) is 0 Å². The van der Waals surface area contributed by atoms with Gasteiger partial charge in [0.05, 0.1) is 0 Å². The molecule has 2 aromatic carbocycles. The number of nitrogens with one attached hydrogen (secondary N) is 1. The van der Waals surface area contributed by atoms with Crippen LogP contribution < -0.4 is 10.1 Å². The Labute approximate surface area is 132 Å². The van der Waals surface area contributed by atoms with Crippen LogP contribution in [0, 0.1) is 6.92 Å². The summed E-state index contributed by atoms with van der Waals surface area (Å²) in [4.78, 5) is 0. The molecule has 0 bridgehead atoms. The summed E-state index contributed by atoms with van der Waals surface area (Å²) in [5.74, 6) is 0.959. The van der Waals surface area contributed by atoms with E-state index in [0.29, 0.717) is 6.61 Å². The summed E-state index contributed by atoms with van der Waals surface area (Å²) in [6.07, 6.45) is 1.13. The molecule has 0 aromatic heterocycles. The third-order valence-electron chi connectivity index (χ3n) is 3.37. The van der Waals surface area contributed by atoms with Crippen molar-refractivity contribution in [1.29, 1.82) is 0 Å². The van der Waals surface area contributed by atoms with Gasteiger partial charge in [-0.1, -0.05) is 54.9 Å². The third kappa shape index (κ3) is 4.48. The fourth-order valence-electron chi connectivity index (χ4n) is 2.22. The second-order valence-electron chi connectivity index (χ2n) is 5.12. The van der Waals surface area contributed by atoms with E-state index in [1.807, 2.05) is 24.3 Å². The molecule has 21 heavy (non-hydrogen) atoms. The van der Waals surface area contributed by atoms with Gasteiger partial charge in [-0.15, -0.1) is 0 Å². The monoisotopic (exact) mass is 303 g/mol. The maximum absolute atomic E-state index is 6.18. The van der Waals surface area contributed by atoms with Crippen molar-refractivity contribution in [3.05, 3.63) is 64.2 Å². The highest BCUT2D eigenvalue weighted by Gasteiger charge is 2.08. The predicted octanol–water partition coefficient (Wildman–Crippen LogP) is 4.73. The first-order valence-electron chi connectivity index (χ1n) is 7.37. The molecular formula is C18H22ClNO. The van der Waals surface area contributed by atoms with E-state index in [1.165, 1.54) is 5.56 Å². The molecule has 0 saturated carbocycles. The van der Waals surface area contributed by atoms with Crippen molar-refractivity contribution in [2.75, 3.05) is 6.54 Å². The molecule has 0 aliphatic carbocycles. The Balaban J connectivity index is 2.09. The van der Waals surface area contributed by atoms with Crippen LogP contribution in [0.15, 0.2) is 42.5 Å². The summed E-state index contributed by atoms with van der Waals surface area (Å²) in [6.45, 7) is 6.57. The van der Waals surface area contributed by atoms with E-state index < -0.39 is 0 Å². The van der Waals surface area contributed by atoms with Gasteiger partial charge in [-0.2, -0.15) is 0 Å². The fourth-order valence-corrected chi connectivity index (χ4v) is 2.41. The van der Waals surface area contributed by atoms with Crippen LogP contribution in [0.3, 0.4) is 0 Å². The highest BCUT2D eigenvalue weighted by molar-refractivity contribution is 6.31. The molecule has 2 rings (SSSR count). The Morgan fingerprint density at radius 3 is 2.57 bits per heavy atom. The van der Waals surface area contributed by atoms with Gasteiger partial charge >= 0.3 is 0 Å². The van der Waals surface area contributed by atoms with E-state index >= 15 is 0 Å². The SMILES string of the molecule is CCCNCc1cccc(C)c1OCc1ccccc1Cl. The van der Waals surface area contributed by atoms with E-state index in [0.717, 1.165) is 41.4 Å². The van der Waals surface area contributed by atoms with Crippen LogP contribution in [-0.4, -0.2) is 6.54 Å². The second kappa shape index (κ2) is 8.06. The number of ether oxygens (including phenoxy) is 1. The van der Waals surface area contributed by atoms with Gasteiger partial charge in [0.2, 0.25) is 0 Å². The van der Waals surface area contributed by atoms with Crippen molar-refractivity contribution in [3.63, 3.8) is 0 Å². The lowest BCUT2D eigenvalue weighted by Crippen LogP contribution is -2.15. The molecule has 3 heteroatoms. The van der Waals surface area contributed by atoms with Crippen molar-refractivity contribution < 1.29 is 4.74 Å². The quantitative estimate of drug-likeness (QED) is 0.747. The molecule has 0 spiro atoms. The summed E-state index contributed by atoms with van der Waals surface area (Å²) < 4.78 is 6.04. The predicted molar refractivity (Wildman–Crippen MR) is 89.0 cm³/mol. The number of benzene rings is 2. The van der Waals surface area contributed by atoms with Crippen LogP contribution in [0.1, 0.15) is 30.0 Å². The van der Waals surface area contributed by atoms with Crippen LogP contribution in [0.25, 0.3) is 0 Å². The first kappa shape index (κ1) is 15.9.